The molecule has 2 aliphatic heterocycles. The third-order valence-electron chi connectivity index (χ3n) is 5.19. The predicted octanol–water partition coefficient (Wildman–Crippen LogP) is 2.95. The van der Waals surface area contributed by atoms with Crippen molar-refractivity contribution < 1.29 is 4.79 Å². The van der Waals surface area contributed by atoms with Gasteiger partial charge in [0.25, 0.3) is 0 Å². The Morgan fingerprint density at radius 2 is 1.68 bits per heavy atom. The van der Waals surface area contributed by atoms with Crippen LogP contribution in [0, 0.1) is 5.92 Å². The highest BCUT2D eigenvalue weighted by Crippen LogP contribution is 2.29. The van der Waals surface area contributed by atoms with Crippen LogP contribution in [-0.2, 0) is 4.79 Å². The number of carbonyl (C=O) groups is 1. The molecule has 0 spiro atoms. The average molecular weight is 359 g/mol. The Kier molecular flexibility index (Phi) is 5.01. The summed E-state index contributed by atoms with van der Waals surface area (Å²) >= 11 is 1.59. The van der Waals surface area contributed by atoms with Gasteiger partial charge in [-0.25, -0.2) is 0 Å². The topological polar surface area (TPSA) is 54.3 Å². The molecule has 2 fully saturated rings. The maximum absolute atomic E-state index is 12.9. The first-order valence-corrected chi connectivity index (χ1v) is 10.1. The van der Waals surface area contributed by atoms with Gasteiger partial charge in [0.1, 0.15) is 0 Å². The monoisotopic (exact) mass is 359 g/mol. The third-order valence-corrected chi connectivity index (χ3v) is 6.19. The lowest BCUT2D eigenvalue weighted by Crippen LogP contribution is -2.45. The third kappa shape index (κ3) is 3.71. The molecule has 0 saturated carbocycles. The number of rotatable bonds is 3. The lowest BCUT2D eigenvalue weighted by Gasteiger charge is -2.34. The number of carbonyl (C=O) groups excluding carboxylic acids is 1. The van der Waals surface area contributed by atoms with Crippen LogP contribution >= 0.6 is 11.3 Å². The first-order chi connectivity index (χ1) is 12.3. The summed E-state index contributed by atoms with van der Waals surface area (Å²) in [6, 6.07) is 3.97. The number of anilines is 1. The van der Waals surface area contributed by atoms with Crippen LogP contribution in [0.2, 0.25) is 0 Å². The molecule has 0 aromatic carbocycles. The molecule has 134 valence electrons. The maximum atomic E-state index is 12.9. The molecule has 0 unspecified atom stereocenters. The zero-order valence-corrected chi connectivity index (χ0v) is 15.3. The summed E-state index contributed by atoms with van der Waals surface area (Å²) in [4.78, 5) is 17.3. The summed E-state index contributed by atoms with van der Waals surface area (Å²) in [6.45, 7) is 3.61. The average Bonchev–Trinajstić information content (AvgIpc) is 3.28. The highest BCUT2D eigenvalue weighted by molar-refractivity contribution is 7.17. The van der Waals surface area contributed by atoms with Gasteiger partial charge in [-0.15, -0.1) is 10.2 Å². The lowest BCUT2D eigenvalue weighted by atomic mass is 9.96. The first-order valence-electron chi connectivity index (χ1n) is 9.32. The minimum Gasteiger partial charge on any atom is -0.346 e. The zero-order chi connectivity index (χ0) is 17.1. The van der Waals surface area contributed by atoms with Gasteiger partial charge in [0, 0.05) is 38.6 Å². The number of likely N-dealkylation sites (tertiary alicyclic amines) is 1. The van der Waals surface area contributed by atoms with Crippen LogP contribution in [0.4, 0.5) is 5.13 Å². The minimum atomic E-state index is 0.103. The second-order valence-electron chi connectivity index (χ2n) is 6.98. The number of hydrogen-bond donors (Lipinski definition) is 0. The van der Waals surface area contributed by atoms with Gasteiger partial charge in [-0.1, -0.05) is 24.2 Å². The molecule has 0 N–H and O–H groups in total. The van der Waals surface area contributed by atoms with Crippen molar-refractivity contribution in [3.05, 3.63) is 24.5 Å². The molecule has 2 aromatic rings. The molecule has 0 radical (unpaired) electrons. The maximum Gasteiger partial charge on any atom is 0.227 e. The van der Waals surface area contributed by atoms with E-state index in [0.29, 0.717) is 5.91 Å². The molecule has 6 nitrogen and oxygen atoms in total. The summed E-state index contributed by atoms with van der Waals surface area (Å²) in [5, 5.41) is 10.5. The molecule has 7 heteroatoms. The fourth-order valence-electron chi connectivity index (χ4n) is 3.80. The molecule has 0 bridgehead atoms. The van der Waals surface area contributed by atoms with Crippen molar-refractivity contribution in [3.63, 3.8) is 0 Å². The Morgan fingerprint density at radius 3 is 2.44 bits per heavy atom. The predicted molar refractivity (Wildman–Crippen MR) is 99.2 cm³/mol. The van der Waals surface area contributed by atoms with Crippen molar-refractivity contribution >= 4 is 22.4 Å². The highest BCUT2D eigenvalue weighted by Gasteiger charge is 2.30. The standard InChI is InChI=1S/C18H25N5OS/c24-16(21-9-3-1-2-4-10-21)15-8-7-13-23(14-15)18-20-19-17(25-18)22-11-5-6-12-22/h5-6,11-12,15H,1-4,7-10,13-14H2/t15-/m0/s1. The largest absolute Gasteiger partial charge is 0.346 e. The molecular formula is C18H25N5OS. The van der Waals surface area contributed by atoms with Crippen LogP contribution < -0.4 is 4.90 Å². The van der Waals surface area contributed by atoms with Gasteiger partial charge in [-0.2, -0.15) is 0 Å². The molecule has 4 heterocycles. The Hall–Kier alpha value is -1.89. The second-order valence-corrected chi connectivity index (χ2v) is 7.92. The van der Waals surface area contributed by atoms with Gasteiger partial charge in [-0.3, -0.25) is 9.36 Å². The number of amides is 1. The van der Waals surface area contributed by atoms with E-state index in [1.807, 2.05) is 29.1 Å². The van der Waals surface area contributed by atoms with Crippen LogP contribution in [-0.4, -0.2) is 51.8 Å². The van der Waals surface area contributed by atoms with Gasteiger partial charge in [-0.05, 0) is 37.8 Å². The number of hydrogen-bond acceptors (Lipinski definition) is 5. The summed E-state index contributed by atoms with van der Waals surface area (Å²) < 4.78 is 1.98. The molecular weight excluding hydrogens is 334 g/mol. The smallest absolute Gasteiger partial charge is 0.227 e. The molecule has 1 atom stereocenters. The molecule has 0 aliphatic carbocycles. The van der Waals surface area contributed by atoms with E-state index >= 15 is 0 Å². The summed E-state index contributed by atoms with van der Waals surface area (Å²) in [5.74, 6) is 0.451. The van der Waals surface area contributed by atoms with Gasteiger partial charge in [0.2, 0.25) is 16.2 Å². The SMILES string of the molecule is O=C([C@H]1CCCN(c2nnc(-n3cccc3)s2)C1)N1CCCCCC1. The molecule has 1 amide bonds. The lowest BCUT2D eigenvalue weighted by molar-refractivity contribution is -0.135. The fourth-order valence-corrected chi connectivity index (χ4v) is 4.65. The number of aromatic nitrogens is 3. The van der Waals surface area contributed by atoms with E-state index in [9.17, 15) is 4.79 Å². The molecule has 2 saturated heterocycles. The van der Waals surface area contributed by atoms with Crippen LogP contribution in [0.5, 0.6) is 0 Å². The summed E-state index contributed by atoms with van der Waals surface area (Å²) in [7, 11) is 0. The van der Waals surface area contributed by atoms with Crippen molar-refractivity contribution in [2.45, 2.75) is 38.5 Å². The second kappa shape index (κ2) is 7.56. The van der Waals surface area contributed by atoms with Crippen molar-refractivity contribution in [1.82, 2.24) is 19.7 Å². The Labute approximate surface area is 152 Å². The van der Waals surface area contributed by atoms with Crippen molar-refractivity contribution in [2.75, 3.05) is 31.1 Å². The normalized spacial score (nSPS) is 22.0. The van der Waals surface area contributed by atoms with Gasteiger partial charge in [0.05, 0.1) is 5.92 Å². The van der Waals surface area contributed by atoms with E-state index in [1.54, 1.807) is 11.3 Å². The van der Waals surface area contributed by atoms with E-state index < -0.39 is 0 Å². The molecule has 2 aromatic heterocycles. The van der Waals surface area contributed by atoms with E-state index in [2.05, 4.69) is 20.0 Å². The van der Waals surface area contributed by atoms with Crippen molar-refractivity contribution in [3.8, 4) is 5.13 Å². The van der Waals surface area contributed by atoms with E-state index in [0.717, 1.165) is 62.1 Å². The minimum absolute atomic E-state index is 0.103. The Bertz CT molecular complexity index is 690. The molecule has 25 heavy (non-hydrogen) atoms. The summed E-state index contributed by atoms with van der Waals surface area (Å²) in [6.07, 6.45) is 10.8. The van der Waals surface area contributed by atoms with Gasteiger partial charge >= 0.3 is 0 Å². The molecule has 2 aliphatic rings. The van der Waals surface area contributed by atoms with E-state index in [4.69, 9.17) is 0 Å². The Balaban J connectivity index is 1.43. The van der Waals surface area contributed by atoms with Gasteiger partial charge < -0.3 is 9.80 Å². The van der Waals surface area contributed by atoms with Crippen molar-refractivity contribution in [2.24, 2.45) is 5.92 Å². The number of nitrogens with zero attached hydrogens (tertiary/aromatic N) is 5. The fraction of sp³-hybridized carbons (Fsp3) is 0.611. The van der Waals surface area contributed by atoms with E-state index in [-0.39, 0.29) is 5.92 Å². The molecule has 4 rings (SSSR count). The zero-order valence-electron chi connectivity index (χ0n) is 14.5. The quantitative estimate of drug-likeness (QED) is 0.845. The van der Waals surface area contributed by atoms with E-state index in [1.165, 1.54) is 12.8 Å². The number of piperidine rings is 1. The van der Waals surface area contributed by atoms with Gasteiger partial charge in [0.15, 0.2) is 0 Å². The first kappa shape index (κ1) is 16.6. The van der Waals surface area contributed by atoms with Crippen molar-refractivity contribution in [1.29, 1.82) is 0 Å². The van der Waals surface area contributed by atoms with Crippen LogP contribution in [0.15, 0.2) is 24.5 Å². The summed E-state index contributed by atoms with van der Waals surface area (Å²) in [5.41, 5.74) is 0. The van der Waals surface area contributed by atoms with Crippen LogP contribution in [0.3, 0.4) is 0 Å². The highest BCUT2D eigenvalue weighted by atomic mass is 32.1. The van der Waals surface area contributed by atoms with Crippen LogP contribution in [0.25, 0.3) is 5.13 Å². The van der Waals surface area contributed by atoms with Crippen LogP contribution in [0.1, 0.15) is 38.5 Å². The Morgan fingerprint density at radius 1 is 0.960 bits per heavy atom.